The summed E-state index contributed by atoms with van der Waals surface area (Å²) in [5, 5.41) is 31.8. The molecule has 4 aromatic rings. The molecule has 0 spiro atoms. The first-order valence-electron chi connectivity index (χ1n) is 12.9. The molecule has 0 aliphatic carbocycles. The van der Waals surface area contributed by atoms with Gasteiger partial charge in [-0.25, -0.2) is 19.4 Å². The molecule has 0 amide bonds. The number of hydrogen-bond donors (Lipinski definition) is 6. The normalized spacial score (nSPS) is 16.0. The maximum atomic E-state index is 10.6. The molecule has 262 valence electrons. The maximum Gasteiger partial charge on any atom is 0.490 e. The van der Waals surface area contributed by atoms with Crippen molar-refractivity contribution in [2.24, 2.45) is 0 Å². The van der Waals surface area contributed by atoms with E-state index in [0.717, 1.165) is 46.8 Å². The van der Waals surface area contributed by atoms with E-state index >= 15 is 0 Å². The van der Waals surface area contributed by atoms with Crippen molar-refractivity contribution in [1.29, 1.82) is 0 Å². The lowest BCUT2D eigenvalue weighted by molar-refractivity contribution is -0.193. The molecule has 0 bridgehead atoms. The number of hydrogen-bond acceptors (Lipinski definition) is 7. The number of carboxylic acids is 3. The van der Waals surface area contributed by atoms with Gasteiger partial charge in [-0.2, -0.15) is 44.6 Å². The molecule has 0 saturated carbocycles. The van der Waals surface area contributed by atoms with Crippen LogP contribution in [0.5, 0.6) is 5.75 Å². The summed E-state index contributed by atoms with van der Waals surface area (Å²) in [7, 11) is 1.70. The molecule has 1 aliphatic heterocycles. The van der Waals surface area contributed by atoms with Gasteiger partial charge in [-0.3, -0.25) is 5.10 Å². The van der Waals surface area contributed by atoms with Crippen molar-refractivity contribution in [3.63, 3.8) is 0 Å². The van der Waals surface area contributed by atoms with Crippen molar-refractivity contribution in [3.8, 4) is 16.9 Å². The summed E-state index contributed by atoms with van der Waals surface area (Å²) in [6, 6.07) is 14.7. The number of aromatic nitrogens is 4. The number of aromatic amines is 2. The Morgan fingerprint density at radius 1 is 0.771 bits per heavy atom. The van der Waals surface area contributed by atoms with Crippen LogP contribution in [-0.2, 0) is 14.4 Å². The largest absolute Gasteiger partial charge is 0.497 e. The van der Waals surface area contributed by atoms with Crippen LogP contribution in [-0.4, -0.2) is 92.1 Å². The number of ether oxygens (including phenoxy) is 1. The number of nitrogens with zero attached hydrogens (tertiary/aromatic N) is 2. The Morgan fingerprint density at radius 2 is 1.27 bits per heavy atom. The topological polar surface area (TPSA) is 191 Å². The molecule has 21 heteroatoms. The number of nitrogens with one attached hydrogen (secondary N) is 3. The zero-order valence-corrected chi connectivity index (χ0v) is 24.0. The average Bonchev–Trinajstić information content (AvgIpc) is 3.77. The predicted octanol–water partition coefficient (Wildman–Crippen LogP) is 5.33. The van der Waals surface area contributed by atoms with Crippen LogP contribution in [0.4, 0.5) is 39.5 Å². The van der Waals surface area contributed by atoms with Crippen molar-refractivity contribution in [1.82, 2.24) is 25.5 Å². The predicted molar refractivity (Wildman–Crippen MR) is 146 cm³/mol. The van der Waals surface area contributed by atoms with Gasteiger partial charge in [-0.15, -0.1) is 0 Å². The summed E-state index contributed by atoms with van der Waals surface area (Å²) < 4.78 is 100. The van der Waals surface area contributed by atoms with Crippen molar-refractivity contribution >= 4 is 28.9 Å². The fourth-order valence-electron chi connectivity index (χ4n) is 3.96. The van der Waals surface area contributed by atoms with Crippen molar-refractivity contribution in [2.75, 3.05) is 20.2 Å². The molecule has 2 atom stereocenters. The zero-order valence-electron chi connectivity index (χ0n) is 24.0. The summed E-state index contributed by atoms with van der Waals surface area (Å²) in [4.78, 5) is 35.1. The molecule has 1 fully saturated rings. The van der Waals surface area contributed by atoms with E-state index in [1.807, 2.05) is 24.5 Å². The Balaban J connectivity index is 0.000000313. The second-order valence-electron chi connectivity index (χ2n) is 9.39. The molecule has 1 saturated heterocycles. The van der Waals surface area contributed by atoms with E-state index in [4.69, 9.17) is 39.4 Å². The van der Waals surface area contributed by atoms with Gasteiger partial charge in [0.1, 0.15) is 11.6 Å². The lowest BCUT2D eigenvalue weighted by Crippen LogP contribution is -2.21. The molecule has 0 radical (unpaired) electrons. The fourth-order valence-corrected chi connectivity index (χ4v) is 3.96. The molecule has 12 nitrogen and oxygen atoms in total. The van der Waals surface area contributed by atoms with Crippen LogP contribution in [0, 0.1) is 0 Å². The van der Waals surface area contributed by atoms with E-state index in [1.54, 1.807) is 7.11 Å². The molecule has 48 heavy (non-hydrogen) atoms. The quantitative estimate of drug-likeness (QED) is 0.152. The van der Waals surface area contributed by atoms with Crippen molar-refractivity contribution in [3.05, 3.63) is 66.2 Å². The third-order valence-corrected chi connectivity index (χ3v) is 6.17. The number of methoxy groups -OCH3 is 1. The summed E-state index contributed by atoms with van der Waals surface area (Å²) in [5.74, 6) is -5.63. The van der Waals surface area contributed by atoms with Crippen molar-refractivity contribution in [2.45, 2.75) is 30.4 Å². The molecular weight excluding hydrogens is 677 g/mol. The Bertz CT molecular complexity index is 1600. The van der Waals surface area contributed by atoms with Gasteiger partial charge in [-0.1, -0.05) is 18.2 Å². The molecule has 2 unspecified atom stereocenters. The van der Waals surface area contributed by atoms with Crippen LogP contribution >= 0.6 is 0 Å². The highest BCUT2D eigenvalue weighted by atomic mass is 19.4. The second kappa shape index (κ2) is 16.0. The van der Waals surface area contributed by atoms with Gasteiger partial charge in [0.05, 0.1) is 24.3 Å². The fraction of sp³-hybridized carbons (Fsp3) is 0.296. The van der Waals surface area contributed by atoms with E-state index < -0.39 is 36.4 Å². The number of H-pyrrole nitrogens is 2. The highest BCUT2D eigenvalue weighted by Gasteiger charge is 2.39. The first kappa shape index (κ1) is 38.8. The number of rotatable bonds is 4. The van der Waals surface area contributed by atoms with Gasteiger partial charge in [0.25, 0.3) is 0 Å². The van der Waals surface area contributed by atoms with E-state index in [1.165, 1.54) is 5.56 Å². The summed E-state index contributed by atoms with van der Waals surface area (Å²) in [6.45, 7) is 1.87. The number of aliphatic carboxylic acids is 3. The molecule has 2 aromatic heterocycles. The Morgan fingerprint density at radius 3 is 1.71 bits per heavy atom. The smallest absolute Gasteiger partial charge is 0.490 e. The Hall–Kier alpha value is -5.34. The minimum Gasteiger partial charge on any atom is -0.497 e. The van der Waals surface area contributed by atoms with Crippen LogP contribution in [0.1, 0.15) is 23.2 Å². The summed E-state index contributed by atoms with van der Waals surface area (Å²) >= 11 is 0. The molecule has 1 aliphatic rings. The minimum absolute atomic E-state index is 0.322. The van der Waals surface area contributed by atoms with E-state index in [2.05, 4.69) is 50.8 Å². The summed E-state index contributed by atoms with van der Waals surface area (Å²) in [6.07, 6.45) is -11.5. The number of halogens is 9. The SMILES string of the molecule is COc1ccc(C2CNCC2c2nc3ccc(-c4cn[nH]c4)cc3[nH]2)cc1.O=C(O)C(F)(F)F.O=C(O)C(F)(F)F.O=C(O)C(F)(F)F. The summed E-state index contributed by atoms with van der Waals surface area (Å²) in [5.41, 5.74) is 5.57. The van der Waals surface area contributed by atoms with Crippen LogP contribution in [0.25, 0.3) is 22.2 Å². The van der Waals surface area contributed by atoms with Gasteiger partial charge in [0.2, 0.25) is 0 Å². The van der Waals surface area contributed by atoms with Crippen LogP contribution in [0.15, 0.2) is 54.9 Å². The second-order valence-corrected chi connectivity index (χ2v) is 9.39. The highest BCUT2D eigenvalue weighted by molar-refractivity contribution is 5.82. The monoisotopic (exact) mass is 701 g/mol. The van der Waals surface area contributed by atoms with Gasteiger partial charge >= 0.3 is 36.4 Å². The number of alkyl halides is 9. The molecule has 6 N–H and O–H groups in total. The van der Waals surface area contributed by atoms with Crippen LogP contribution < -0.4 is 10.1 Å². The molecule has 3 heterocycles. The molecular formula is C27H24F9N5O7. The highest BCUT2D eigenvalue weighted by Crippen LogP contribution is 2.36. The van der Waals surface area contributed by atoms with Gasteiger partial charge in [-0.05, 0) is 35.4 Å². The van der Waals surface area contributed by atoms with Crippen LogP contribution in [0.3, 0.4) is 0 Å². The minimum atomic E-state index is -5.08. The third kappa shape index (κ3) is 11.5. The maximum absolute atomic E-state index is 10.6. The Labute approximate surface area is 262 Å². The molecule has 5 rings (SSSR count). The number of imidazole rings is 1. The van der Waals surface area contributed by atoms with E-state index in [-0.39, 0.29) is 0 Å². The lowest BCUT2D eigenvalue weighted by atomic mass is 9.88. The number of fused-ring (bicyclic) bond motifs is 1. The number of carbonyl (C=O) groups is 3. The standard InChI is InChI=1S/C21H21N5O.3C2HF3O2/c1-27-16-5-2-13(3-6-16)17-11-22-12-18(17)21-25-19-7-4-14(8-20(19)26-21)15-9-23-24-10-15;3*3-2(4,5)1(6)7/h2-10,17-18,22H,11-12H2,1H3,(H,23,24)(H,25,26);3*(H,6,7). The molecule has 2 aromatic carbocycles. The first-order valence-corrected chi connectivity index (χ1v) is 12.9. The van der Waals surface area contributed by atoms with E-state index in [9.17, 15) is 39.5 Å². The zero-order chi connectivity index (χ0) is 36.4. The Kier molecular flexibility index (Phi) is 12.9. The van der Waals surface area contributed by atoms with Gasteiger partial charge in [0.15, 0.2) is 0 Å². The van der Waals surface area contributed by atoms with E-state index in [0.29, 0.717) is 11.8 Å². The van der Waals surface area contributed by atoms with Gasteiger partial charge in [0, 0.05) is 36.7 Å². The number of benzene rings is 2. The average molecular weight is 701 g/mol. The number of carboxylic acid groups (broad SMARTS) is 3. The van der Waals surface area contributed by atoms with Crippen LogP contribution in [0.2, 0.25) is 0 Å². The third-order valence-electron chi connectivity index (χ3n) is 6.17. The van der Waals surface area contributed by atoms with Crippen molar-refractivity contribution < 1.29 is 74.0 Å². The first-order chi connectivity index (χ1) is 22.1. The van der Waals surface area contributed by atoms with Gasteiger partial charge < -0.3 is 30.4 Å². The lowest BCUT2D eigenvalue weighted by Gasteiger charge is -2.17.